The van der Waals surface area contributed by atoms with Gasteiger partial charge in [0.15, 0.2) is 5.82 Å². The Hall–Kier alpha value is -5.16. The van der Waals surface area contributed by atoms with Gasteiger partial charge in [0.2, 0.25) is 0 Å². The highest BCUT2D eigenvalue weighted by Gasteiger charge is 2.27. The standard InChI is InChI=1S/C40H36N4O/c1-39(2,3)37-42-36(43-38(44-37)40(4,5)6)31-23-22-29-28-15-12-16-30(32-17-10-11-24-41-32)34(28)45-35(29)33(31)27-20-18-26(19-21-27)25-13-8-7-9-14-25/h7-24H,1-6H3. The maximum absolute atomic E-state index is 6.88. The molecule has 0 amide bonds. The number of hydrogen-bond acceptors (Lipinski definition) is 5. The topological polar surface area (TPSA) is 64.7 Å². The highest BCUT2D eigenvalue weighted by atomic mass is 16.3. The highest BCUT2D eigenvalue weighted by Crippen LogP contribution is 2.44. The van der Waals surface area contributed by atoms with E-state index in [1.54, 1.807) is 0 Å². The van der Waals surface area contributed by atoms with Crippen LogP contribution in [0.2, 0.25) is 0 Å². The minimum atomic E-state index is -0.254. The maximum Gasteiger partial charge on any atom is 0.164 e. The Morgan fingerprint density at radius 3 is 1.76 bits per heavy atom. The molecule has 3 aromatic heterocycles. The van der Waals surface area contributed by atoms with Crippen LogP contribution in [-0.2, 0) is 10.8 Å². The second-order valence-corrected chi connectivity index (χ2v) is 13.6. The van der Waals surface area contributed by atoms with E-state index in [-0.39, 0.29) is 10.8 Å². The summed E-state index contributed by atoms with van der Waals surface area (Å²) < 4.78 is 6.88. The summed E-state index contributed by atoms with van der Waals surface area (Å²) in [6, 6.07) is 35.6. The van der Waals surface area contributed by atoms with Crippen molar-refractivity contribution in [2.45, 2.75) is 52.4 Å². The van der Waals surface area contributed by atoms with E-state index < -0.39 is 0 Å². The summed E-state index contributed by atoms with van der Waals surface area (Å²) in [7, 11) is 0. The molecule has 45 heavy (non-hydrogen) atoms. The van der Waals surface area contributed by atoms with Gasteiger partial charge >= 0.3 is 0 Å². The van der Waals surface area contributed by atoms with Crippen LogP contribution in [0.25, 0.3) is 66.8 Å². The number of benzene rings is 4. The Labute approximate surface area is 264 Å². The second-order valence-electron chi connectivity index (χ2n) is 13.6. The van der Waals surface area contributed by atoms with E-state index >= 15 is 0 Å². The number of aromatic nitrogens is 4. The first-order valence-corrected chi connectivity index (χ1v) is 15.4. The molecule has 0 aliphatic carbocycles. The minimum absolute atomic E-state index is 0.254. The van der Waals surface area contributed by atoms with Crippen LogP contribution in [-0.4, -0.2) is 19.9 Å². The molecule has 3 heterocycles. The van der Waals surface area contributed by atoms with Crippen molar-refractivity contribution in [2.75, 3.05) is 0 Å². The van der Waals surface area contributed by atoms with Gasteiger partial charge in [-0.15, -0.1) is 0 Å². The fourth-order valence-electron chi connectivity index (χ4n) is 5.69. The van der Waals surface area contributed by atoms with Gasteiger partial charge in [0, 0.05) is 44.5 Å². The lowest BCUT2D eigenvalue weighted by Gasteiger charge is -2.23. The van der Waals surface area contributed by atoms with Gasteiger partial charge in [0.05, 0.1) is 5.69 Å². The number of furan rings is 1. The van der Waals surface area contributed by atoms with E-state index in [2.05, 4.69) is 125 Å². The second kappa shape index (κ2) is 10.8. The molecule has 0 spiro atoms. The van der Waals surface area contributed by atoms with Crippen LogP contribution in [0.5, 0.6) is 0 Å². The molecule has 0 radical (unpaired) electrons. The molecule has 0 bridgehead atoms. The summed E-state index contributed by atoms with van der Waals surface area (Å²) in [6.07, 6.45) is 1.81. The summed E-state index contributed by atoms with van der Waals surface area (Å²) >= 11 is 0. The Morgan fingerprint density at radius 2 is 1.11 bits per heavy atom. The van der Waals surface area contributed by atoms with Gasteiger partial charge < -0.3 is 4.42 Å². The average molecular weight is 589 g/mol. The van der Waals surface area contributed by atoms with Gasteiger partial charge in [0.1, 0.15) is 22.8 Å². The lowest BCUT2D eigenvalue weighted by Crippen LogP contribution is -2.24. The van der Waals surface area contributed by atoms with Gasteiger partial charge in [0.25, 0.3) is 0 Å². The molecule has 5 nitrogen and oxygen atoms in total. The molecule has 0 saturated heterocycles. The lowest BCUT2D eigenvalue weighted by molar-refractivity contribution is 0.497. The van der Waals surface area contributed by atoms with Crippen LogP contribution in [0.4, 0.5) is 0 Å². The molecular weight excluding hydrogens is 552 g/mol. The van der Waals surface area contributed by atoms with Crippen LogP contribution in [0, 0.1) is 0 Å². The fourth-order valence-corrected chi connectivity index (χ4v) is 5.69. The van der Waals surface area contributed by atoms with Crippen LogP contribution >= 0.6 is 0 Å². The predicted octanol–water partition coefficient (Wildman–Crippen LogP) is 10.4. The summed E-state index contributed by atoms with van der Waals surface area (Å²) in [6.45, 7) is 12.9. The van der Waals surface area contributed by atoms with Crippen molar-refractivity contribution in [3.63, 3.8) is 0 Å². The number of para-hydroxylation sites is 1. The molecule has 7 aromatic rings. The summed E-state index contributed by atoms with van der Waals surface area (Å²) in [4.78, 5) is 19.8. The first-order chi connectivity index (χ1) is 21.6. The van der Waals surface area contributed by atoms with Gasteiger partial charge in [-0.2, -0.15) is 0 Å². The smallest absolute Gasteiger partial charge is 0.164 e. The van der Waals surface area contributed by atoms with E-state index in [4.69, 9.17) is 19.4 Å². The van der Waals surface area contributed by atoms with Crippen molar-refractivity contribution in [1.29, 1.82) is 0 Å². The van der Waals surface area contributed by atoms with E-state index in [9.17, 15) is 0 Å². The molecule has 7 rings (SSSR count). The number of hydrogen-bond donors (Lipinski definition) is 0. The van der Waals surface area contributed by atoms with Crippen LogP contribution in [0.3, 0.4) is 0 Å². The Kier molecular flexibility index (Phi) is 6.85. The zero-order valence-electron chi connectivity index (χ0n) is 26.6. The molecule has 4 aromatic carbocycles. The van der Waals surface area contributed by atoms with Gasteiger partial charge in [-0.05, 0) is 47.0 Å². The van der Waals surface area contributed by atoms with Crippen molar-refractivity contribution < 1.29 is 4.42 Å². The first-order valence-electron chi connectivity index (χ1n) is 15.4. The molecular formula is C40H36N4O. The highest BCUT2D eigenvalue weighted by molar-refractivity contribution is 6.15. The van der Waals surface area contributed by atoms with E-state index in [1.165, 1.54) is 5.56 Å². The number of fused-ring (bicyclic) bond motifs is 3. The minimum Gasteiger partial charge on any atom is -0.455 e. The summed E-state index contributed by atoms with van der Waals surface area (Å²) in [5.41, 5.74) is 8.16. The Morgan fingerprint density at radius 1 is 0.489 bits per heavy atom. The predicted molar refractivity (Wildman–Crippen MR) is 184 cm³/mol. The van der Waals surface area contributed by atoms with Crippen molar-refractivity contribution in [3.05, 3.63) is 121 Å². The van der Waals surface area contributed by atoms with Crippen molar-refractivity contribution in [2.24, 2.45) is 0 Å². The molecule has 0 aliphatic heterocycles. The Bertz CT molecular complexity index is 2120. The van der Waals surface area contributed by atoms with Gasteiger partial charge in [-0.1, -0.05) is 114 Å². The zero-order chi connectivity index (χ0) is 31.3. The van der Waals surface area contributed by atoms with Crippen molar-refractivity contribution >= 4 is 21.9 Å². The fraction of sp³-hybridized carbons (Fsp3) is 0.200. The molecule has 0 fully saturated rings. The molecule has 0 atom stereocenters. The maximum atomic E-state index is 6.88. The summed E-state index contributed by atoms with van der Waals surface area (Å²) in [5, 5.41) is 2.08. The van der Waals surface area contributed by atoms with Crippen LogP contribution in [0.1, 0.15) is 53.2 Å². The van der Waals surface area contributed by atoms with Gasteiger partial charge in [-0.25, -0.2) is 15.0 Å². The third-order valence-electron chi connectivity index (χ3n) is 8.11. The molecule has 0 saturated carbocycles. The normalized spacial score (nSPS) is 12.2. The first kappa shape index (κ1) is 28.6. The quantitative estimate of drug-likeness (QED) is 0.205. The molecule has 0 N–H and O–H groups in total. The third-order valence-corrected chi connectivity index (χ3v) is 8.11. The third kappa shape index (κ3) is 5.29. The molecule has 0 unspecified atom stereocenters. The van der Waals surface area contributed by atoms with Crippen LogP contribution < -0.4 is 0 Å². The number of rotatable bonds is 4. The Balaban J connectivity index is 1.53. The van der Waals surface area contributed by atoms with E-state index in [0.29, 0.717) is 5.82 Å². The average Bonchev–Trinajstić information content (AvgIpc) is 3.43. The monoisotopic (exact) mass is 588 g/mol. The van der Waals surface area contributed by atoms with Crippen LogP contribution in [0.15, 0.2) is 114 Å². The molecule has 222 valence electrons. The lowest BCUT2D eigenvalue weighted by atomic mass is 9.91. The van der Waals surface area contributed by atoms with Crippen molar-refractivity contribution in [1.82, 2.24) is 19.9 Å². The molecule has 0 aliphatic rings. The van der Waals surface area contributed by atoms with Crippen molar-refractivity contribution in [3.8, 4) is 44.9 Å². The number of pyridine rings is 1. The summed E-state index contributed by atoms with van der Waals surface area (Å²) in [5.74, 6) is 2.18. The van der Waals surface area contributed by atoms with E-state index in [1.807, 2.05) is 30.5 Å². The zero-order valence-corrected chi connectivity index (χ0v) is 26.6. The largest absolute Gasteiger partial charge is 0.455 e. The van der Waals surface area contributed by atoms with Gasteiger partial charge in [-0.3, -0.25) is 4.98 Å². The van der Waals surface area contributed by atoms with E-state index in [0.717, 1.165) is 67.1 Å². The number of nitrogens with zero attached hydrogens (tertiary/aromatic N) is 4. The SMILES string of the molecule is CC(C)(C)c1nc(-c2ccc3c(oc4c(-c5ccccn5)cccc43)c2-c2ccc(-c3ccccc3)cc2)nc(C(C)(C)C)n1. The molecule has 5 heteroatoms.